The van der Waals surface area contributed by atoms with Crippen LogP contribution in [0.2, 0.25) is 0 Å². The van der Waals surface area contributed by atoms with Crippen molar-refractivity contribution in [1.29, 1.82) is 0 Å². The Morgan fingerprint density at radius 1 is 1.12 bits per heavy atom. The number of aromatic hydroxyl groups is 1. The number of fused-ring (bicyclic) bond motifs is 2. The van der Waals surface area contributed by atoms with Crippen LogP contribution in [0.25, 0.3) is 22.1 Å². The number of hydrogen-bond donors (Lipinski definition) is 2. The van der Waals surface area contributed by atoms with Gasteiger partial charge in [0.25, 0.3) is 0 Å². The van der Waals surface area contributed by atoms with Crippen molar-refractivity contribution in [3.8, 4) is 28.4 Å². The van der Waals surface area contributed by atoms with Crippen LogP contribution in [-0.4, -0.2) is 46.9 Å². The zero-order chi connectivity index (χ0) is 23.1. The van der Waals surface area contributed by atoms with Gasteiger partial charge < -0.3 is 24.1 Å². The van der Waals surface area contributed by atoms with E-state index in [2.05, 4.69) is 0 Å². The maximum Gasteiger partial charge on any atom is 0.320 e. The van der Waals surface area contributed by atoms with E-state index in [0.29, 0.717) is 65.5 Å². The van der Waals surface area contributed by atoms with E-state index >= 15 is 0 Å². The Morgan fingerprint density at radius 3 is 2.70 bits per heavy atom. The van der Waals surface area contributed by atoms with Crippen molar-refractivity contribution in [3.05, 3.63) is 51.9 Å². The lowest BCUT2D eigenvalue weighted by atomic mass is 10.00. The smallest absolute Gasteiger partial charge is 0.320 e. The first kappa shape index (κ1) is 21.3. The van der Waals surface area contributed by atoms with Gasteiger partial charge in [-0.2, -0.15) is 0 Å². The fourth-order valence-corrected chi connectivity index (χ4v) is 4.72. The minimum Gasteiger partial charge on any atom is -0.507 e. The summed E-state index contributed by atoms with van der Waals surface area (Å²) in [6, 6.07) is 7.78. The molecule has 33 heavy (non-hydrogen) atoms. The van der Waals surface area contributed by atoms with Crippen molar-refractivity contribution < 1.29 is 28.9 Å². The van der Waals surface area contributed by atoms with E-state index in [9.17, 15) is 19.8 Å². The third-order valence-corrected chi connectivity index (χ3v) is 6.36. The van der Waals surface area contributed by atoms with E-state index < -0.39 is 12.0 Å². The Hall–Kier alpha value is -3.52. The summed E-state index contributed by atoms with van der Waals surface area (Å²) in [7, 11) is 0. The summed E-state index contributed by atoms with van der Waals surface area (Å²) in [5.74, 6) is 0.727. The Morgan fingerprint density at radius 2 is 1.91 bits per heavy atom. The first-order valence-corrected chi connectivity index (χ1v) is 11.1. The number of phenols is 1. The summed E-state index contributed by atoms with van der Waals surface area (Å²) < 4.78 is 17.6. The molecule has 2 N–H and O–H groups in total. The minimum atomic E-state index is -0.887. The maximum atomic E-state index is 13.5. The first-order valence-electron chi connectivity index (χ1n) is 11.1. The molecule has 0 amide bonds. The molecule has 0 saturated carbocycles. The monoisotopic (exact) mass is 451 g/mol. The molecule has 8 heteroatoms. The van der Waals surface area contributed by atoms with Crippen molar-refractivity contribution in [2.24, 2.45) is 0 Å². The molecule has 1 aromatic heterocycles. The van der Waals surface area contributed by atoms with Gasteiger partial charge in [-0.3, -0.25) is 14.5 Å². The molecule has 172 valence electrons. The molecule has 2 aliphatic heterocycles. The topological polar surface area (TPSA) is 109 Å². The van der Waals surface area contributed by atoms with Crippen LogP contribution in [0.4, 0.5) is 0 Å². The van der Waals surface area contributed by atoms with Crippen molar-refractivity contribution in [1.82, 2.24) is 4.90 Å². The normalized spacial score (nSPS) is 18.4. The molecule has 1 fully saturated rings. The molecule has 3 aromatic rings. The van der Waals surface area contributed by atoms with Crippen LogP contribution in [0.1, 0.15) is 30.6 Å². The molecule has 1 atom stereocenters. The van der Waals surface area contributed by atoms with E-state index in [1.165, 1.54) is 6.07 Å². The number of hydrogen-bond acceptors (Lipinski definition) is 7. The Balaban J connectivity index is 1.60. The zero-order valence-electron chi connectivity index (χ0n) is 18.3. The van der Waals surface area contributed by atoms with Gasteiger partial charge in [0.05, 0.1) is 29.7 Å². The average Bonchev–Trinajstić information content (AvgIpc) is 3.13. The molecule has 3 heterocycles. The van der Waals surface area contributed by atoms with Gasteiger partial charge in [-0.25, -0.2) is 0 Å². The molecule has 8 nitrogen and oxygen atoms in total. The van der Waals surface area contributed by atoms with Gasteiger partial charge in [-0.15, -0.1) is 0 Å². The second kappa shape index (κ2) is 8.44. The maximum absolute atomic E-state index is 13.5. The van der Waals surface area contributed by atoms with Crippen LogP contribution in [0.5, 0.6) is 17.2 Å². The van der Waals surface area contributed by atoms with Crippen LogP contribution < -0.4 is 14.9 Å². The summed E-state index contributed by atoms with van der Waals surface area (Å²) in [5.41, 5.74) is 1.56. The Kier molecular flexibility index (Phi) is 5.46. The van der Waals surface area contributed by atoms with Gasteiger partial charge in [0.15, 0.2) is 11.5 Å². The average molecular weight is 451 g/mol. The number of rotatable bonds is 4. The number of aliphatic carboxylic acids is 1. The molecule has 1 unspecified atom stereocenters. The predicted octanol–water partition coefficient (Wildman–Crippen LogP) is 3.68. The quantitative estimate of drug-likeness (QED) is 0.618. The molecule has 0 spiro atoms. The van der Waals surface area contributed by atoms with Gasteiger partial charge in [-0.1, -0.05) is 6.07 Å². The van der Waals surface area contributed by atoms with Crippen molar-refractivity contribution in [2.45, 2.75) is 38.8 Å². The van der Waals surface area contributed by atoms with E-state index in [1.807, 2.05) is 6.07 Å². The molecule has 2 aromatic carbocycles. The molecule has 0 bridgehead atoms. The van der Waals surface area contributed by atoms with Crippen LogP contribution in [0.15, 0.2) is 39.5 Å². The molecule has 5 rings (SSSR count). The third kappa shape index (κ3) is 3.80. The number of carboxylic acids is 1. The summed E-state index contributed by atoms with van der Waals surface area (Å²) in [5, 5.41) is 20.4. The van der Waals surface area contributed by atoms with Crippen LogP contribution in [0.3, 0.4) is 0 Å². The molecule has 2 aliphatic rings. The lowest BCUT2D eigenvalue weighted by molar-refractivity contribution is -0.142. The van der Waals surface area contributed by atoms with Crippen LogP contribution in [0, 0.1) is 6.92 Å². The second-order valence-corrected chi connectivity index (χ2v) is 8.48. The highest BCUT2D eigenvalue weighted by Crippen LogP contribution is 2.36. The number of phenolic OH excluding ortho intramolecular Hbond substituents is 1. The second-order valence-electron chi connectivity index (χ2n) is 8.48. The molecule has 0 aliphatic carbocycles. The largest absolute Gasteiger partial charge is 0.507 e. The Bertz CT molecular complexity index is 1300. The summed E-state index contributed by atoms with van der Waals surface area (Å²) in [6.07, 6.45) is 2.10. The van der Waals surface area contributed by atoms with Gasteiger partial charge >= 0.3 is 5.97 Å². The minimum absolute atomic E-state index is 0.0237. The fourth-order valence-electron chi connectivity index (χ4n) is 4.72. The number of ether oxygens (including phenoxy) is 2. The van der Waals surface area contributed by atoms with E-state index in [-0.39, 0.29) is 23.3 Å². The third-order valence-electron chi connectivity index (χ3n) is 6.36. The number of likely N-dealkylation sites (tertiary alicyclic amines) is 1. The lowest BCUT2D eigenvalue weighted by Gasteiger charge is -2.22. The number of benzene rings is 2. The van der Waals surface area contributed by atoms with Gasteiger partial charge in [0.1, 0.15) is 23.1 Å². The summed E-state index contributed by atoms with van der Waals surface area (Å²) in [6.45, 7) is 3.62. The van der Waals surface area contributed by atoms with Crippen molar-refractivity contribution >= 4 is 16.9 Å². The number of aryl methyl sites for hydroxylation is 1. The molecular weight excluding hydrogens is 426 g/mol. The van der Waals surface area contributed by atoms with Crippen LogP contribution in [-0.2, 0) is 11.3 Å². The number of nitrogens with zero attached hydrogens (tertiary/aromatic N) is 1. The summed E-state index contributed by atoms with van der Waals surface area (Å²) >= 11 is 0. The molecule has 0 radical (unpaired) electrons. The van der Waals surface area contributed by atoms with Crippen molar-refractivity contribution in [2.75, 3.05) is 19.8 Å². The van der Waals surface area contributed by atoms with Crippen molar-refractivity contribution in [3.63, 3.8) is 0 Å². The highest BCUT2D eigenvalue weighted by atomic mass is 16.5. The number of carbonyl (C=O) groups is 1. The van der Waals surface area contributed by atoms with Gasteiger partial charge in [-0.05, 0) is 56.1 Å². The zero-order valence-corrected chi connectivity index (χ0v) is 18.3. The lowest BCUT2D eigenvalue weighted by Crippen LogP contribution is -2.35. The van der Waals surface area contributed by atoms with E-state index in [4.69, 9.17) is 13.9 Å². The Labute approximate surface area is 190 Å². The molecular formula is C25H25NO7. The molecule has 1 saturated heterocycles. The van der Waals surface area contributed by atoms with E-state index in [1.54, 1.807) is 30.0 Å². The number of carboxylic acid groups (broad SMARTS) is 1. The van der Waals surface area contributed by atoms with Gasteiger partial charge in [0, 0.05) is 13.0 Å². The first-order chi connectivity index (χ1) is 15.9. The van der Waals surface area contributed by atoms with Gasteiger partial charge in [0.2, 0.25) is 5.43 Å². The summed E-state index contributed by atoms with van der Waals surface area (Å²) in [4.78, 5) is 26.9. The fraction of sp³-hybridized carbons (Fsp3) is 0.360. The highest BCUT2D eigenvalue weighted by molar-refractivity contribution is 5.87. The standard InChI is InChI=1S/C25H25NO7/c1-14-22(15-5-8-20-21(12-15)32-11-3-10-31-20)23(28)16-6-7-19(27)17(24(16)33-14)13-26-9-2-4-18(26)25(29)30/h5-8,12,18,27H,2-4,9-11,13H2,1H3,(H,29,30). The highest BCUT2D eigenvalue weighted by Gasteiger charge is 2.32. The van der Waals surface area contributed by atoms with E-state index in [0.717, 1.165) is 12.8 Å². The predicted molar refractivity (Wildman–Crippen MR) is 121 cm³/mol. The SMILES string of the molecule is Cc1oc2c(CN3CCCC3C(=O)O)c(O)ccc2c(=O)c1-c1ccc2c(c1)OCCCO2. The van der Waals surface area contributed by atoms with Crippen LogP contribution >= 0.6 is 0 Å².